The first-order valence-electron chi connectivity index (χ1n) is 11.1. The van der Waals surface area contributed by atoms with Crippen molar-refractivity contribution >= 4 is 63.7 Å². The molecule has 8 heteroatoms. The molecule has 0 saturated carbocycles. The lowest BCUT2D eigenvalue weighted by molar-refractivity contribution is 0.106. The molecule has 2 aromatic carbocycles. The van der Waals surface area contributed by atoms with Crippen LogP contribution in [0.1, 0.15) is 64.5 Å². The highest BCUT2D eigenvalue weighted by Gasteiger charge is 2.28. The SMILES string of the molecule is CCCC(CO)Oc1c(Br)cc(C(C)(C)c2cc(Br)c(OC(CO)CCC)c(Br)c2)cc1Br. The van der Waals surface area contributed by atoms with Crippen LogP contribution in [-0.2, 0) is 5.41 Å². The van der Waals surface area contributed by atoms with Crippen LogP contribution >= 0.6 is 63.7 Å². The van der Waals surface area contributed by atoms with E-state index in [-0.39, 0.29) is 30.8 Å². The van der Waals surface area contributed by atoms with Gasteiger partial charge in [-0.05, 0) is 112 Å². The molecule has 184 valence electrons. The van der Waals surface area contributed by atoms with E-state index in [1.54, 1.807) is 0 Å². The third-order valence-corrected chi connectivity index (χ3v) is 7.99. The number of aliphatic hydroxyl groups excluding tert-OH is 2. The maximum atomic E-state index is 9.62. The minimum absolute atomic E-state index is 0.0220. The first-order chi connectivity index (χ1) is 15.6. The molecule has 4 nitrogen and oxygen atoms in total. The average molecular weight is 716 g/mol. The number of halogens is 4. The van der Waals surface area contributed by atoms with Crippen LogP contribution in [0, 0.1) is 0 Å². The van der Waals surface area contributed by atoms with Crippen LogP contribution in [0.5, 0.6) is 11.5 Å². The molecule has 0 fully saturated rings. The fourth-order valence-corrected chi connectivity index (χ4v) is 6.33. The quantitative estimate of drug-likeness (QED) is 0.233. The highest BCUT2D eigenvalue weighted by atomic mass is 79.9. The van der Waals surface area contributed by atoms with Crippen molar-refractivity contribution in [1.82, 2.24) is 0 Å². The van der Waals surface area contributed by atoms with Gasteiger partial charge in [-0.1, -0.05) is 40.5 Å². The molecule has 2 atom stereocenters. The maximum Gasteiger partial charge on any atom is 0.148 e. The van der Waals surface area contributed by atoms with Gasteiger partial charge in [-0.2, -0.15) is 0 Å². The normalized spacial score (nSPS) is 13.6. The van der Waals surface area contributed by atoms with E-state index in [0.717, 1.165) is 54.7 Å². The Morgan fingerprint density at radius 2 is 1.00 bits per heavy atom. The van der Waals surface area contributed by atoms with Crippen molar-refractivity contribution in [3.05, 3.63) is 53.3 Å². The molecule has 0 radical (unpaired) electrons. The predicted molar refractivity (Wildman–Crippen MR) is 149 cm³/mol. The topological polar surface area (TPSA) is 58.9 Å². The van der Waals surface area contributed by atoms with Gasteiger partial charge in [-0.15, -0.1) is 0 Å². The van der Waals surface area contributed by atoms with Gasteiger partial charge in [-0.25, -0.2) is 0 Å². The fourth-order valence-electron chi connectivity index (χ4n) is 3.59. The molecule has 0 aliphatic heterocycles. The van der Waals surface area contributed by atoms with Crippen molar-refractivity contribution in [2.45, 2.75) is 71.0 Å². The zero-order chi connectivity index (χ0) is 24.8. The maximum absolute atomic E-state index is 9.62. The molecule has 2 N–H and O–H groups in total. The number of ether oxygens (including phenoxy) is 2. The average Bonchev–Trinajstić information content (AvgIpc) is 2.76. The van der Waals surface area contributed by atoms with Gasteiger partial charge in [0.15, 0.2) is 0 Å². The largest absolute Gasteiger partial charge is 0.486 e. The third-order valence-electron chi connectivity index (χ3n) is 5.64. The monoisotopic (exact) mass is 712 g/mol. The lowest BCUT2D eigenvalue weighted by Crippen LogP contribution is -2.23. The van der Waals surface area contributed by atoms with Crippen molar-refractivity contribution in [1.29, 1.82) is 0 Å². The molecule has 0 aliphatic rings. The van der Waals surface area contributed by atoms with E-state index in [1.165, 1.54) is 0 Å². The van der Waals surface area contributed by atoms with Gasteiger partial charge in [0.2, 0.25) is 0 Å². The molecule has 0 spiro atoms. The smallest absolute Gasteiger partial charge is 0.148 e. The Hall–Kier alpha value is -0.120. The summed E-state index contributed by atoms with van der Waals surface area (Å²) in [6.07, 6.45) is 2.97. The van der Waals surface area contributed by atoms with Crippen LogP contribution in [0.15, 0.2) is 42.2 Å². The van der Waals surface area contributed by atoms with Crippen LogP contribution in [0.25, 0.3) is 0 Å². The number of aliphatic hydroxyl groups is 2. The summed E-state index contributed by atoms with van der Waals surface area (Å²) in [4.78, 5) is 0. The zero-order valence-corrected chi connectivity index (χ0v) is 25.8. The molecular formula is C25H32Br4O4. The lowest BCUT2D eigenvalue weighted by Gasteiger charge is -2.29. The van der Waals surface area contributed by atoms with Crippen LogP contribution in [0.3, 0.4) is 0 Å². The van der Waals surface area contributed by atoms with E-state index < -0.39 is 0 Å². The van der Waals surface area contributed by atoms with Gasteiger partial charge in [-0.3, -0.25) is 0 Å². The van der Waals surface area contributed by atoms with Gasteiger partial charge < -0.3 is 19.7 Å². The second kappa shape index (κ2) is 13.3. The summed E-state index contributed by atoms with van der Waals surface area (Å²) in [5.41, 5.74) is 1.86. The van der Waals surface area contributed by atoms with E-state index in [2.05, 4.69) is 116 Å². The Morgan fingerprint density at radius 1 is 0.697 bits per heavy atom. The summed E-state index contributed by atoms with van der Waals surface area (Å²) in [5, 5.41) is 19.2. The molecule has 0 heterocycles. The summed E-state index contributed by atoms with van der Waals surface area (Å²) in [7, 11) is 0. The Kier molecular flexibility index (Phi) is 11.7. The van der Waals surface area contributed by atoms with Crippen molar-refractivity contribution in [2.24, 2.45) is 0 Å². The van der Waals surface area contributed by atoms with Crippen molar-refractivity contribution in [2.75, 3.05) is 13.2 Å². The van der Waals surface area contributed by atoms with Crippen molar-refractivity contribution < 1.29 is 19.7 Å². The lowest BCUT2D eigenvalue weighted by atomic mass is 9.78. The van der Waals surface area contributed by atoms with Gasteiger partial charge in [0.1, 0.15) is 23.7 Å². The first kappa shape index (κ1) is 29.1. The summed E-state index contributed by atoms with van der Waals surface area (Å²) >= 11 is 14.7. The highest BCUT2D eigenvalue weighted by molar-refractivity contribution is 9.11. The minimum atomic E-state index is -0.327. The molecule has 2 unspecified atom stereocenters. The highest BCUT2D eigenvalue weighted by Crippen LogP contribution is 2.44. The first-order valence-corrected chi connectivity index (χ1v) is 14.3. The summed E-state index contributed by atoms with van der Waals surface area (Å²) in [6.45, 7) is 8.43. The van der Waals surface area contributed by atoms with Gasteiger partial charge in [0.05, 0.1) is 31.1 Å². The molecular weight excluding hydrogens is 684 g/mol. The second-order valence-electron chi connectivity index (χ2n) is 8.59. The summed E-state index contributed by atoms with van der Waals surface area (Å²) in [5.74, 6) is 1.39. The Morgan fingerprint density at radius 3 is 1.24 bits per heavy atom. The fraction of sp³-hybridized carbons (Fsp3) is 0.520. The summed E-state index contributed by atoms with van der Waals surface area (Å²) in [6, 6.07) is 8.26. The molecule has 0 aromatic heterocycles. The summed E-state index contributed by atoms with van der Waals surface area (Å²) < 4.78 is 15.5. The Balaban J connectivity index is 2.39. The molecule has 0 aliphatic carbocycles. The second-order valence-corrected chi connectivity index (χ2v) is 12.0. The third kappa shape index (κ3) is 7.43. The van der Waals surface area contributed by atoms with Gasteiger partial charge in [0, 0.05) is 5.41 Å². The molecule has 2 aromatic rings. The predicted octanol–water partition coefficient (Wildman–Crippen LogP) is 8.14. The number of hydrogen-bond acceptors (Lipinski definition) is 4. The molecule has 33 heavy (non-hydrogen) atoms. The molecule has 2 rings (SSSR count). The molecule has 0 bridgehead atoms. The van der Waals surface area contributed by atoms with Crippen LogP contribution in [-0.4, -0.2) is 35.6 Å². The van der Waals surface area contributed by atoms with E-state index in [4.69, 9.17) is 9.47 Å². The van der Waals surface area contributed by atoms with E-state index in [9.17, 15) is 10.2 Å². The van der Waals surface area contributed by atoms with Crippen molar-refractivity contribution in [3.63, 3.8) is 0 Å². The molecule has 0 saturated heterocycles. The Labute approximate surface area is 231 Å². The van der Waals surface area contributed by atoms with Crippen LogP contribution in [0.4, 0.5) is 0 Å². The van der Waals surface area contributed by atoms with E-state index >= 15 is 0 Å². The van der Waals surface area contributed by atoms with Crippen molar-refractivity contribution in [3.8, 4) is 11.5 Å². The number of rotatable bonds is 12. The van der Waals surface area contributed by atoms with Crippen LogP contribution < -0.4 is 9.47 Å². The number of hydrogen-bond donors (Lipinski definition) is 2. The van der Waals surface area contributed by atoms with Crippen LogP contribution in [0.2, 0.25) is 0 Å². The zero-order valence-electron chi connectivity index (χ0n) is 19.4. The molecule has 0 amide bonds. The van der Waals surface area contributed by atoms with Gasteiger partial charge >= 0.3 is 0 Å². The standard InChI is InChI=1S/C25H32Br4O4/c1-5-7-17(13-30)32-23-19(26)9-15(10-20(23)27)25(3,4)16-11-21(28)24(22(29)12-16)33-18(14-31)8-6-2/h9-12,17-18,30-31H,5-8,13-14H2,1-4H3. The van der Waals surface area contributed by atoms with E-state index in [1.807, 2.05) is 0 Å². The number of benzene rings is 2. The Bertz CT molecular complexity index is 813. The van der Waals surface area contributed by atoms with Gasteiger partial charge in [0.25, 0.3) is 0 Å². The van der Waals surface area contributed by atoms with E-state index in [0.29, 0.717) is 11.5 Å². The minimum Gasteiger partial charge on any atom is -0.486 e.